The van der Waals surface area contributed by atoms with Crippen molar-refractivity contribution in [2.75, 3.05) is 7.11 Å². The van der Waals surface area contributed by atoms with Crippen molar-refractivity contribution in [3.05, 3.63) is 0 Å². The van der Waals surface area contributed by atoms with Crippen LogP contribution in [0.1, 0.15) is 52.4 Å². The SMILES string of the molecule is COC(C)(C)CC(CC1CC2CCC1C2)NN. The van der Waals surface area contributed by atoms with E-state index in [0.717, 1.165) is 24.2 Å². The quantitative estimate of drug-likeness (QED) is 0.554. The summed E-state index contributed by atoms with van der Waals surface area (Å²) in [7, 11) is 1.78. The van der Waals surface area contributed by atoms with Crippen LogP contribution >= 0.6 is 0 Å². The van der Waals surface area contributed by atoms with E-state index in [-0.39, 0.29) is 5.60 Å². The molecule has 2 aliphatic carbocycles. The van der Waals surface area contributed by atoms with E-state index in [1.807, 2.05) is 0 Å². The number of nitrogens with one attached hydrogen (secondary N) is 1. The predicted octanol–water partition coefficient (Wildman–Crippen LogP) is 2.46. The molecule has 3 nitrogen and oxygen atoms in total. The van der Waals surface area contributed by atoms with Crippen LogP contribution in [0.25, 0.3) is 0 Å². The normalized spacial score (nSPS) is 34.2. The summed E-state index contributed by atoms with van der Waals surface area (Å²) in [4.78, 5) is 0. The van der Waals surface area contributed by atoms with Crippen molar-refractivity contribution in [1.82, 2.24) is 5.43 Å². The molecule has 0 amide bonds. The molecule has 2 aliphatic rings. The maximum Gasteiger partial charge on any atom is 0.0638 e. The van der Waals surface area contributed by atoms with Gasteiger partial charge in [-0.15, -0.1) is 0 Å². The van der Waals surface area contributed by atoms with Crippen molar-refractivity contribution in [2.24, 2.45) is 23.6 Å². The average Bonchev–Trinajstić information content (AvgIpc) is 2.89. The van der Waals surface area contributed by atoms with Crippen LogP contribution in [0.5, 0.6) is 0 Å². The molecule has 0 aromatic heterocycles. The Morgan fingerprint density at radius 3 is 2.59 bits per heavy atom. The van der Waals surface area contributed by atoms with E-state index in [2.05, 4.69) is 19.3 Å². The molecule has 0 saturated heterocycles. The fraction of sp³-hybridized carbons (Fsp3) is 1.00. The first-order valence-electron chi connectivity index (χ1n) is 7.05. The maximum absolute atomic E-state index is 5.71. The lowest BCUT2D eigenvalue weighted by Crippen LogP contribution is -2.42. The summed E-state index contributed by atoms with van der Waals surface area (Å²) in [5, 5.41) is 0. The van der Waals surface area contributed by atoms with Crippen LogP contribution in [0, 0.1) is 17.8 Å². The van der Waals surface area contributed by atoms with E-state index in [1.165, 1.54) is 32.1 Å². The van der Waals surface area contributed by atoms with Gasteiger partial charge in [-0.05, 0) is 63.7 Å². The van der Waals surface area contributed by atoms with Crippen molar-refractivity contribution >= 4 is 0 Å². The van der Waals surface area contributed by atoms with Gasteiger partial charge in [-0.3, -0.25) is 11.3 Å². The van der Waals surface area contributed by atoms with Gasteiger partial charge in [0.25, 0.3) is 0 Å². The third-order valence-electron chi connectivity index (χ3n) is 5.00. The highest BCUT2D eigenvalue weighted by atomic mass is 16.5. The highest BCUT2D eigenvalue weighted by Crippen LogP contribution is 2.50. The Balaban J connectivity index is 1.83. The van der Waals surface area contributed by atoms with Crippen LogP contribution in [-0.2, 0) is 4.74 Å². The second-order valence-electron chi connectivity index (χ2n) is 6.70. The molecule has 0 spiro atoms. The van der Waals surface area contributed by atoms with Crippen LogP contribution in [0.2, 0.25) is 0 Å². The van der Waals surface area contributed by atoms with E-state index in [0.29, 0.717) is 6.04 Å². The van der Waals surface area contributed by atoms with Gasteiger partial charge in [0.05, 0.1) is 5.60 Å². The molecule has 17 heavy (non-hydrogen) atoms. The van der Waals surface area contributed by atoms with Gasteiger partial charge in [0.1, 0.15) is 0 Å². The van der Waals surface area contributed by atoms with Crippen LogP contribution in [0.3, 0.4) is 0 Å². The fourth-order valence-corrected chi connectivity index (χ4v) is 3.92. The smallest absolute Gasteiger partial charge is 0.0638 e. The van der Waals surface area contributed by atoms with E-state index in [4.69, 9.17) is 10.6 Å². The molecule has 2 bridgehead atoms. The van der Waals surface area contributed by atoms with Crippen LogP contribution in [0.4, 0.5) is 0 Å². The molecule has 100 valence electrons. The number of ether oxygens (including phenoxy) is 1. The number of hydrogen-bond acceptors (Lipinski definition) is 3. The van der Waals surface area contributed by atoms with Gasteiger partial charge in [0.2, 0.25) is 0 Å². The van der Waals surface area contributed by atoms with Crippen LogP contribution in [0.15, 0.2) is 0 Å². The van der Waals surface area contributed by atoms with Crippen molar-refractivity contribution in [1.29, 1.82) is 0 Å². The van der Waals surface area contributed by atoms with Gasteiger partial charge in [-0.1, -0.05) is 6.42 Å². The summed E-state index contributed by atoms with van der Waals surface area (Å²) in [5.41, 5.74) is 2.92. The zero-order valence-corrected chi connectivity index (χ0v) is 11.5. The highest BCUT2D eigenvalue weighted by molar-refractivity contribution is 4.92. The molecular weight excluding hydrogens is 212 g/mol. The van der Waals surface area contributed by atoms with Crippen molar-refractivity contribution in [2.45, 2.75) is 64.0 Å². The van der Waals surface area contributed by atoms with Gasteiger partial charge in [0, 0.05) is 13.2 Å². The average molecular weight is 240 g/mol. The van der Waals surface area contributed by atoms with E-state index in [1.54, 1.807) is 7.11 Å². The molecule has 2 rings (SSSR count). The first-order valence-corrected chi connectivity index (χ1v) is 7.05. The third-order valence-corrected chi connectivity index (χ3v) is 5.00. The zero-order chi connectivity index (χ0) is 12.5. The molecule has 3 N–H and O–H groups in total. The van der Waals surface area contributed by atoms with Crippen molar-refractivity contribution in [3.63, 3.8) is 0 Å². The largest absolute Gasteiger partial charge is 0.379 e. The molecule has 0 aliphatic heterocycles. The molecule has 2 fully saturated rings. The molecule has 0 aromatic carbocycles. The number of fused-ring (bicyclic) bond motifs is 2. The standard InChI is InChI=1S/C14H28N2O/c1-14(2,17-3)9-13(16-15)8-12-7-10-4-5-11(12)6-10/h10-13,16H,4-9,15H2,1-3H3. The minimum absolute atomic E-state index is 0.0747. The Morgan fingerprint density at radius 2 is 2.12 bits per heavy atom. The molecule has 4 atom stereocenters. The third kappa shape index (κ3) is 3.21. The molecule has 0 heterocycles. The predicted molar refractivity (Wildman–Crippen MR) is 70.4 cm³/mol. The lowest BCUT2D eigenvalue weighted by molar-refractivity contribution is 0.00418. The molecule has 4 unspecified atom stereocenters. The Labute approximate surface area is 105 Å². The Bertz CT molecular complexity index is 255. The summed E-state index contributed by atoms with van der Waals surface area (Å²) >= 11 is 0. The molecule has 0 radical (unpaired) electrons. The van der Waals surface area contributed by atoms with E-state index < -0.39 is 0 Å². The zero-order valence-electron chi connectivity index (χ0n) is 11.5. The topological polar surface area (TPSA) is 47.3 Å². The fourth-order valence-electron chi connectivity index (χ4n) is 3.92. The van der Waals surface area contributed by atoms with E-state index >= 15 is 0 Å². The number of rotatable bonds is 6. The summed E-state index contributed by atoms with van der Waals surface area (Å²) in [6.45, 7) is 4.27. The Morgan fingerprint density at radius 1 is 1.35 bits per heavy atom. The first-order chi connectivity index (χ1) is 8.04. The van der Waals surface area contributed by atoms with Gasteiger partial charge in [0.15, 0.2) is 0 Å². The van der Waals surface area contributed by atoms with Crippen molar-refractivity contribution < 1.29 is 4.74 Å². The molecule has 2 saturated carbocycles. The van der Waals surface area contributed by atoms with Gasteiger partial charge >= 0.3 is 0 Å². The van der Waals surface area contributed by atoms with Gasteiger partial charge in [-0.2, -0.15) is 0 Å². The molecule has 0 aromatic rings. The van der Waals surface area contributed by atoms with Gasteiger partial charge < -0.3 is 4.74 Å². The minimum Gasteiger partial charge on any atom is -0.379 e. The number of hydrogen-bond donors (Lipinski definition) is 2. The summed E-state index contributed by atoms with van der Waals surface area (Å²) < 4.78 is 5.50. The second kappa shape index (κ2) is 5.25. The lowest BCUT2D eigenvalue weighted by Gasteiger charge is -2.31. The highest BCUT2D eigenvalue weighted by Gasteiger charge is 2.40. The summed E-state index contributed by atoms with van der Waals surface area (Å²) in [6, 6.07) is 0.397. The summed E-state index contributed by atoms with van der Waals surface area (Å²) in [5.74, 6) is 8.62. The number of methoxy groups -OCH3 is 1. The van der Waals surface area contributed by atoms with Crippen LogP contribution < -0.4 is 11.3 Å². The Kier molecular flexibility index (Phi) is 4.11. The maximum atomic E-state index is 5.71. The number of nitrogens with two attached hydrogens (primary N) is 1. The molecular formula is C14H28N2O. The van der Waals surface area contributed by atoms with Gasteiger partial charge in [-0.25, -0.2) is 0 Å². The molecule has 3 heteroatoms. The minimum atomic E-state index is -0.0747. The Hall–Kier alpha value is -0.120. The summed E-state index contributed by atoms with van der Waals surface area (Å²) in [6.07, 6.45) is 8.08. The monoisotopic (exact) mass is 240 g/mol. The second-order valence-corrected chi connectivity index (χ2v) is 6.70. The van der Waals surface area contributed by atoms with Crippen molar-refractivity contribution in [3.8, 4) is 0 Å². The van der Waals surface area contributed by atoms with Crippen LogP contribution in [-0.4, -0.2) is 18.8 Å². The van der Waals surface area contributed by atoms with E-state index in [9.17, 15) is 0 Å². The number of hydrazine groups is 1. The lowest BCUT2D eigenvalue weighted by atomic mass is 9.82. The first kappa shape index (κ1) is 13.3.